The Balaban J connectivity index is 1.91. The zero-order valence-corrected chi connectivity index (χ0v) is 16.0. The van der Waals surface area contributed by atoms with Crippen LogP contribution in [0.3, 0.4) is 0 Å². The van der Waals surface area contributed by atoms with E-state index in [-0.39, 0.29) is 11.9 Å². The number of hydrogen-bond donors (Lipinski definition) is 0. The molecule has 1 amide bonds. The highest BCUT2D eigenvalue weighted by Gasteiger charge is 2.33. The second kappa shape index (κ2) is 6.92. The van der Waals surface area contributed by atoms with Crippen LogP contribution in [0.5, 0.6) is 0 Å². The third-order valence-corrected chi connectivity index (χ3v) is 5.33. The number of hydrogen-bond acceptors (Lipinski definition) is 4. The van der Waals surface area contributed by atoms with E-state index in [1.165, 1.54) is 11.8 Å². The second-order valence-corrected chi connectivity index (χ2v) is 7.99. The van der Waals surface area contributed by atoms with Gasteiger partial charge in [0.2, 0.25) is 0 Å². The first kappa shape index (κ1) is 17.5. The van der Waals surface area contributed by atoms with Crippen molar-refractivity contribution in [1.82, 2.24) is 4.90 Å². The number of amides is 1. The van der Waals surface area contributed by atoms with E-state index in [0.717, 1.165) is 0 Å². The third kappa shape index (κ3) is 3.40. The fourth-order valence-electron chi connectivity index (χ4n) is 2.32. The number of furan rings is 1. The van der Waals surface area contributed by atoms with Crippen LogP contribution in [0.15, 0.2) is 39.7 Å². The SMILES string of the molecule is CC(C)N1C(=O)/C(=C/c2ccc(-c3cc(Cl)ccc3Cl)o2)SC1=S. The van der Waals surface area contributed by atoms with Crippen molar-refractivity contribution in [1.29, 1.82) is 0 Å². The first-order valence-electron chi connectivity index (χ1n) is 7.19. The molecule has 124 valence electrons. The van der Waals surface area contributed by atoms with Crippen LogP contribution in [0, 0.1) is 0 Å². The molecule has 3 rings (SSSR count). The average Bonchev–Trinajstić information content (AvgIpc) is 3.07. The van der Waals surface area contributed by atoms with Gasteiger partial charge in [0.15, 0.2) is 0 Å². The number of carbonyl (C=O) groups excluding carboxylic acids is 1. The largest absolute Gasteiger partial charge is 0.457 e. The number of rotatable bonds is 3. The van der Waals surface area contributed by atoms with Gasteiger partial charge < -0.3 is 4.42 Å². The highest BCUT2D eigenvalue weighted by atomic mass is 35.5. The summed E-state index contributed by atoms with van der Waals surface area (Å²) in [6.07, 6.45) is 1.70. The average molecular weight is 398 g/mol. The van der Waals surface area contributed by atoms with Gasteiger partial charge >= 0.3 is 0 Å². The van der Waals surface area contributed by atoms with Gasteiger partial charge in [-0.3, -0.25) is 9.69 Å². The Morgan fingerprint density at radius 2 is 2.00 bits per heavy atom. The fraction of sp³-hybridized carbons (Fsp3) is 0.176. The lowest BCUT2D eigenvalue weighted by Crippen LogP contribution is -2.34. The summed E-state index contributed by atoms with van der Waals surface area (Å²) >= 11 is 18.7. The first-order valence-corrected chi connectivity index (χ1v) is 9.17. The van der Waals surface area contributed by atoms with Gasteiger partial charge in [-0.1, -0.05) is 47.2 Å². The molecule has 3 nitrogen and oxygen atoms in total. The van der Waals surface area contributed by atoms with Crippen LogP contribution in [0.25, 0.3) is 17.4 Å². The van der Waals surface area contributed by atoms with Crippen LogP contribution in [0.1, 0.15) is 19.6 Å². The maximum Gasteiger partial charge on any atom is 0.266 e. The molecule has 1 saturated heterocycles. The molecule has 0 saturated carbocycles. The number of thioether (sulfide) groups is 1. The van der Waals surface area contributed by atoms with Crippen molar-refractivity contribution in [3.8, 4) is 11.3 Å². The number of nitrogens with zero attached hydrogens (tertiary/aromatic N) is 1. The van der Waals surface area contributed by atoms with Crippen molar-refractivity contribution >= 4 is 63.5 Å². The Labute approximate surface area is 159 Å². The van der Waals surface area contributed by atoms with Crippen LogP contribution >= 0.6 is 47.2 Å². The van der Waals surface area contributed by atoms with E-state index in [1.807, 2.05) is 13.8 Å². The van der Waals surface area contributed by atoms with Gasteiger partial charge in [-0.25, -0.2) is 0 Å². The molecule has 1 aliphatic rings. The molecule has 0 spiro atoms. The molecule has 7 heteroatoms. The summed E-state index contributed by atoms with van der Waals surface area (Å²) in [5.74, 6) is 1.05. The predicted molar refractivity (Wildman–Crippen MR) is 104 cm³/mol. The Morgan fingerprint density at radius 3 is 2.67 bits per heavy atom. The molecule has 1 fully saturated rings. The van der Waals surface area contributed by atoms with Gasteiger partial charge in [-0.15, -0.1) is 0 Å². The highest BCUT2D eigenvalue weighted by Crippen LogP contribution is 2.36. The fourth-order valence-corrected chi connectivity index (χ4v) is 4.20. The van der Waals surface area contributed by atoms with E-state index in [1.54, 1.807) is 41.3 Å². The summed E-state index contributed by atoms with van der Waals surface area (Å²) in [7, 11) is 0. The van der Waals surface area contributed by atoms with E-state index in [4.69, 9.17) is 39.8 Å². The summed E-state index contributed by atoms with van der Waals surface area (Å²) < 4.78 is 6.36. The van der Waals surface area contributed by atoms with Gasteiger partial charge in [0.1, 0.15) is 15.8 Å². The lowest BCUT2D eigenvalue weighted by Gasteiger charge is -2.18. The van der Waals surface area contributed by atoms with Crippen molar-refractivity contribution in [2.24, 2.45) is 0 Å². The van der Waals surface area contributed by atoms with Crippen LogP contribution in [-0.2, 0) is 4.79 Å². The quantitative estimate of drug-likeness (QED) is 0.479. The molecule has 0 atom stereocenters. The standard InChI is InChI=1S/C17H13Cl2NO2S2/c1-9(2)20-16(21)15(24-17(20)23)8-11-4-6-14(22-11)12-7-10(18)3-5-13(12)19/h3-9H,1-2H3/b15-8-. The number of halogens is 2. The Morgan fingerprint density at radius 1 is 1.25 bits per heavy atom. The summed E-state index contributed by atoms with van der Waals surface area (Å²) in [4.78, 5) is 14.6. The van der Waals surface area contributed by atoms with Crippen molar-refractivity contribution in [2.75, 3.05) is 0 Å². The molecule has 0 bridgehead atoms. The van der Waals surface area contributed by atoms with Gasteiger partial charge in [0, 0.05) is 22.7 Å². The molecule has 0 aliphatic carbocycles. The van der Waals surface area contributed by atoms with Gasteiger partial charge in [0.05, 0.1) is 9.93 Å². The molecule has 1 aliphatic heterocycles. The van der Waals surface area contributed by atoms with Crippen LogP contribution in [-0.4, -0.2) is 21.2 Å². The first-order chi connectivity index (χ1) is 11.4. The molecule has 24 heavy (non-hydrogen) atoms. The molecule has 0 unspecified atom stereocenters. The lowest BCUT2D eigenvalue weighted by molar-refractivity contribution is -0.123. The zero-order chi connectivity index (χ0) is 17.4. The minimum atomic E-state index is -0.0984. The Hall–Kier alpha value is -1.27. The van der Waals surface area contributed by atoms with Crippen molar-refractivity contribution in [2.45, 2.75) is 19.9 Å². The van der Waals surface area contributed by atoms with E-state index in [0.29, 0.717) is 36.4 Å². The molecule has 1 aromatic heterocycles. The molecule has 0 radical (unpaired) electrons. The molecular formula is C17H13Cl2NO2S2. The van der Waals surface area contributed by atoms with Gasteiger partial charge in [-0.2, -0.15) is 0 Å². The minimum absolute atomic E-state index is 0.0285. The van der Waals surface area contributed by atoms with Crippen molar-refractivity contribution < 1.29 is 9.21 Å². The Bertz CT molecular complexity index is 858. The van der Waals surface area contributed by atoms with E-state index < -0.39 is 0 Å². The van der Waals surface area contributed by atoms with E-state index in [9.17, 15) is 4.79 Å². The van der Waals surface area contributed by atoms with E-state index >= 15 is 0 Å². The smallest absolute Gasteiger partial charge is 0.266 e. The topological polar surface area (TPSA) is 33.5 Å². The molecule has 2 aromatic rings. The summed E-state index contributed by atoms with van der Waals surface area (Å²) in [5.41, 5.74) is 0.707. The monoisotopic (exact) mass is 397 g/mol. The summed E-state index contributed by atoms with van der Waals surface area (Å²) in [5, 5.41) is 1.12. The molecule has 2 heterocycles. The molecular weight excluding hydrogens is 385 g/mol. The second-order valence-electron chi connectivity index (χ2n) is 5.47. The maximum atomic E-state index is 12.4. The number of carbonyl (C=O) groups is 1. The van der Waals surface area contributed by atoms with Gasteiger partial charge in [0.25, 0.3) is 5.91 Å². The molecule has 0 N–H and O–H groups in total. The zero-order valence-electron chi connectivity index (χ0n) is 12.9. The minimum Gasteiger partial charge on any atom is -0.457 e. The summed E-state index contributed by atoms with van der Waals surface area (Å²) in [6.45, 7) is 3.86. The normalized spacial score (nSPS) is 16.7. The number of thiocarbonyl (C=S) groups is 1. The van der Waals surface area contributed by atoms with Crippen LogP contribution in [0.4, 0.5) is 0 Å². The van der Waals surface area contributed by atoms with Crippen molar-refractivity contribution in [3.05, 3.63) is 51.0 Å². The van der Waals surface area contributed by atoms with Gasteiger partial charge in [-0.05, 0) is 44.2 Å². The van der Waals surface area contributed by atoms with Crippen molar-refractivity contribution in [3.63, 3.8) is 0 Å². The molecule has 1 aromatic carbocycles. The summed E-state index contributed by atoms with van der Waals surface area (Å²) in [6, 6.07) is 8.79. The maximum absolute atomic E-state index is 12.4. The predicted octanol–water partition coefficient (Wildman–Crippen LogP) is 5.86. The third-order valence-electron chi connectivity index (χ3n) is 3.43. The highest BCUT2D eigenvalue weighted by molar-refractivity contribution is 8.26. The van der Waals surface area contributed by atoms with Crippen LogP contribution in [0.2, 0.25) is 10.0 Å². The van der Waals surface area contributed by atoms with Crippen LogP contribution < -0.4 is 0 Å². The van der Waals surface area contributed by atoms with E-state index in [2.05, 4.69) is 0 Å². The number of benzene rings is 1. The lowest BCUT2D eigenvalue weighted by atomic mass is 10.2. The Kier molecular flexibility index (Phi) is 5.06.